The van der Waals surface area contributed by atoms with Crippen LogP contribution in [0.25, 0.3) is 5.69 Å². The van der Waals surface area contributed by atoms with Crippen molar-refractivity contribution in [1.82, 2.24) is 20.0 Å². The first kappa shape index (κ1) is 24.9. The van der Waals surface area contributed by atoms with Crippen LogP contribution in [0.4, 0.5) is 5.69 Å². The number of hydrogen-bond acceptors (Lipinski definition) is 3. The molecule has 1 aliphatic carbocycles. The lowest BCUT2D eigenvalue weighted by Crippen LogP contribution is -2.57. The molecular formula is C21H26Cl3N5O2S. The molecule has 0 bridgehead atoms. The quantitative estimate of drug-likeness (QED) is 0.315. The number of halogens is 3. The average Bonchev–Trinajstić information content (AvgIpc) is 2.97. The molecule has 1 fully saturated rings. The SMILES string of the molecule is Cc1c(NC(=S)NC(NC(=O)C2CCCCC2)C(Cl)(Cl)Cl)c(=O)n(-c2ccccc2)n1C. The van der Waals surface area contributed by atoms with E-state index in [-0.39, 0.29) is 28.2 Å². The van der Waals surface area contributed by atoms with Gasteiger partial charge in [0.05, 0.1) is 11.4 Å². The minimum Gasteiger partial charge on any atom is -0.339 e. The third-order valence-electron chi connectivity index (χ3n) is 5.66. The lowest BCUT2D eigenvalue weighted by Gasteiger charge is -2.30. The monoisotopic (exact) mass is 517 g/mol. The van der Waals surface area contributed by atoms with Gasteiger partial charge in [-0.05, 0) is 44.1 Å². The Hall–Kier alpha value is -1.74. The minimum atomic E-state index is -1.86. The molecule has 1 atom stereocenters. The zero-order valence-electron chi connectivity index (χ0n) is 17.8. The number of nitrogens with one attached hydrogen (secondary N) is 3. The number of hydrogen-bond donors (Lipinski definition) is 3. The summed E-state index contributed by atoms with van der Waals surface area (Å²) in [7, 11) is 1.78. The second-order valence-corrected chi connectivity index (χ2v) is 10.6. The maximum Gasteiger partial charge on any atom is 0.295 e. The molecule has 0 radical (unpaired) electrons. The number of para-hydroxylation sites is 1. The Bertz CT molecular complexity index is 1030. The molecule has 7 nitrogen and oxygen atoms in total. The second-order valence-electron chi connectivity index (χ2n) is 7.85. The van der Waals surface area contributed by atoms with E-state index in [0.29, 0.717) is 11.4 Å². The van der Waals surface area contributed by atoms with Gasteiger partial charge in [0, 0.05) is 13.0 Å². The first-order chi connectivity index (χ1) is 15.1. The molecule has 0 saturated heterocycles. The summed E-state index contributed by atoms with van der Waals surface area (Å²) in [4.78, 5) is 25.7. The Kier molecular flexibility index (Phi) is 8.14. The van der Waals surface area contributed by atoms with Crippen LogP contribution in [0.3, 0.4) is 0 Å². The molecule has 1 aromatic carbocycles. The number of anilines is 1. The van der Waals surface area contributed by atoms with Crippen molar-refractivity contribution in [2.75, 3.05) is 5.32 Å². The predicted molar refractivity (Wildman–Crippen MR) is 134 cm³/mol. The number of thiocarbonyl (C=S) groups is 1. The summed E-state index contributed by atoms with van der Waals surface area (Å²) < 4.78 is 1.39. The maximum atomic E-state index is 13.1. The standard InChI is InChI=1S/C21H26Cl3N5O2S/c1-13-16(18(31)29(28(13)2)15-11-7-4-8-12-15)25-20(32)27-19(21(22,23)24)26-17(30)14-9-5-3-6-10-14/h4,7-8,11-12,14,19H,3,5-6,9-10H2,1-2H3,(H,26,30)(H2,25,27,32). The highest BCUT2D eigenvalue weighted by atomic mass is 35.6. The van der Waals surface area contributed by atoms with Crippen LogP contribution < -0.4 is 21.5 Å². The molecule has 2 aromatic rings. The fraction of sp³-hybridized carbons (Fsp3) is 0.476. The Morgan fingerprint density at radius 1 is 1.12 bits per heavy atom. The number of carbonyl (C=O) groups is 1. The number of rotatable bonds is 5. The smallest absolute Gasteiger partial charge is 0.295 e. The number of carbonyl (C=O) groups excluding carboxylic acids is 1. The Morgan fingerprint density at radius 3 is 2.34 bits per heavy atom. The van der Waals surface area contributed by atoms with E-state index >= 15 is 0 Å². The van der Waals surface area contributed by atoms with E-state index in [1.165, 1.54) is 4.68 Å². The Labute approximate surface area is 207 Å². The van der Waals surface area contributed by atoms with Gasteiger partial charge in [-0.1, -0.05) is 72.3 Å². The molecule has 1 unspecified atom stereocenters. The van der Waals surface area contributed by atoms with Gasteiger partial charge in [0.1, 0.15) is 11.9 Å². The molecule has 3 rings (SSSR count). The van der Waals surface area contributed by atoms with Crippen molar-refractivity contribution < 1.29 is 4.79 Å². The third kappa shape index (κ3) is 5.78. The molecule has 1 amide bonds. The van der Waals surface area contributed by atoms with E-state index in [9.17, 15) is 9.59 Å². The van der Waals surface area contributed by atoms with Gasteiger partial charge < -0.3 is 16.0 Å². The molecule has 1 heterocycles. The van der Waals surface area contributed by atoms with Gasteiger partial charge in [-0.15, -0.1) is 0 Å². The summed E-state index contributed by atoms with van der Waals surface area (Å²) in [6, 6.07) is 9.25. The van der Waals surface area contributed by atoms with Crippen molar-refractivity contribution in [2.24, 2.45) is 13.0 Å². The third-order valence-corrected chi connectivity index (χ3v) is 6.53. The van der Waals surface area contributed by atoms with Gasteiger partial charge in [-0.2, -0.15) is 0 Å². The summed E-state index contributed by atoms with van der Waals surface area (Å²) in [6.45, 7) is 1.79. The Balaban J connectivity index is 1.75. The first-order valence-corrected chi connectivity index (χ1v) is 11.9. The van der Waals surface area contributed by atoms with E-state index in [4.69, 9.17) is 47.0 Å². The number of aromatic nitrogens is 2. The summed E-state index contributed by atoms with van der Waals surface area (Å²) in [5.41, 5.74) is 1.39. The number of benzene rings is 1. The average molecular weight is 519 g/mol. The molecule has 0 aliphatic heterocycles. The zero-order valence-corrected chi connectivity index (χ0v) is 20.9. The van der Waals surface area contributed by atoms with E-state index in [1.54, 1.807) is 18.7 Å². The zero-order chi connectivity index (χ0) is 23.5. The van der Waals surface area contributed by atoms with Crippen LogP contribution in [0.2, 0.25) is 0 Å². The topological polar surface area (TPSA) is 80.1 Å². The normalized spacial score (nSPS) is 15.8. The van der Waals surface area contributed by atoms with Crippen LogP contribution in [0.5, 0.6) is 0 Å². The van der Waals surface area contributed by atoms with Gasteiger partial charge in [0.25, 0.3) is 5.56 Å². The summed E-state index contributed by atoms with van der Waals surface area (Å²) in [5.74, 6) is -0.296. The fourth-order valence-electron chi connectivity index (χ4n) is 3.82. The van der Waals surface area contributed by atoms with Crippen LogP contribution in [0.1, 0.15) is 37.8 Å². The van der Waals surface area contributed by atoms with E-state index < -0.39 is 9.96 Å². The molecule has 1 aliphatic rings. The molecule has 1 aromatic heterocycles. The second kappa shape index (κ2) is 10.5. The Morgan fingerprint density at radius 2 is 1.75 bits per heavy atom. The number of nitrogens with zero attached hydrogens (tertiary/aromatic N) is 2. The van der Waals surface area contributed by atoms with Crippen LogP contribution in [0, 0.1) is 12.8 Å². The van der Waals surface area contributed by atoms with Crippen molar-refractivity contribution >= 4 is 63.7 Å². The first-order valence-electron chi connectivity index (χ1n) is 10.4. The van der Waals surface area contributed by atoms with Gasteiger partial charge >= 0.3 is 0 Å². The molecule has 32 heavy (non-hydrogen) atoms. The van der Waals surface area contributed by atoms with Crippen LogP contribution >= 0.6 is 47.0 Å². The van der Waals surface area contributed by atoms with Crippen LogP contribution in [0.15, 0.2) is 35.1 Å². The van der Waals surface area contributed by atoms with Crippen molar-refractivity contribution in [3.05, 3.63) is 46.4 Å². The van der Waals surface area contributed by atoms with Crippen LogP contribution in [-0.4, -0.2) is 30.3 Å². The van der Waals surface area contributed by atoms with Crippen molar-refractivity contribution in [1.29, 1.82) is 0 Å². The van der Waals surface area contributed by atoms with Gasteiger partial charge in [-0.3, -0.25) is 14.3 Å². The lowest BCUT2D eigenvalue weighted by atomic mass is 9.88. The van der Waals surface area contributed by atoms with E-state index in [1.807, 2.05) is 30.3 Å². The highest BCUT2D eigenvalue weighted by Crippen LogP contribution is 2.30. The predicted octanol–water partition coefficient (Wildman–Crippen LogP) is 4.16. The van der Waals surface area contributed by atoms with Crippen LogP contribution in [-0.2, 0) is 11.8 Å². The molecular weight excluding hydrogens is 493 g/mol. The summed E-state index contributed by atoms with van der Waals surface area (Å²) in [6.07, 6.45) is 3.69. The molecule has 174 valence electrons. The van der Waals surface area contributed by atoms with Crippen molar-refractivity contribution in [3.63, 3.8) is 0 Å². The largest absolute Gasteiger partial charge is 0.339 e. The number of alkyl halides is 3. The molecule has 3 N–H and O–H groups in total. The van der Waals surface area contributed by atoms with Gasteiger partial charge in [0.2, 0.25) is 9.70 Å². The summed E-state index contributed by atoms with van der Waals surface area (Å²) in [5, 5.41) is 8.54. The summed E-state index contributed by atoms with van der Waals surface area (Å²) >= 11 is 23.7. The van der Waals surface area contributed by atoms with Gasteiger partial charge in [0.15, 0.2) is 5.11 Å². The molecule has 1 saturated carbocycles. The van der Waals surface area contributed by atoms with E-state index in [0.717, 1.165) is 32.1 Å². The lowest BCUT2D eigenvalue weighted by molar-refractivity contribution is -0.126. The maximum absolute atomic E-state index is 13.1. The molecule has 0 spiro atoms. The highest BCUT2D eigenvalue weighted by molar-refractivity contribution is 7.80. The molecule has 11 heteroatoms. The van der Waals surface area contributed by atoms with E-state index in [2.05, 4.69) is 16.0 Å². The van der Waals surface area contributed by atoms with Crippen molar-refractivity contribution in [3.8, 4) is 5.69 Å². The number of amides is 1. The van der Waals surface area contributed by atoms with Gasteiger partial charge in [-0.25, -0.2) is 4.68 Å². The fourth-order valence-corrected chi connectivity index (χ4v) is 4.36. The minimum absolute atomic E-state index is 0.0521. The highest BCUT2D eigenvalue weighted by Gasteiger charge is 2.36. The van der Waals surface area contributed by atoms with Crippen molar-refractivity contribution in [2.45, 2.75) is 49.0 Å².